The number of hydrogen-bond donors (Lipinski definition) is 1. The molecule has 0 unspecified atom stereocenters. The van der Waals surface area contributed by atoms with Gasteiger partial charge in [0.05, 0.1) is 0 Å². The van der Waals surface area contributed by atoms with Crippen molar-refractivity contribution < 1.29 is 17.9 Å². The fourth-order valence-electron chi connectivity index (χ4n) is 1.65. The van der Waals surface area contributed by atoms with E-state index in [1.54, 1.807) is 12.1 Å². The minimum absolute atomic E-state index is 0.0635. The highest BCUT2D eigenvalue weighted by atomic mass is 19.2. The molecule has 0 amide bonds. The molecule has 5 heteroatoms. The molecule has 0 fully saturated rings. The Hall–Kier alpha value is -2.01. The third-order valence-corrected chi connectivity index (χ3v) is 2.68. The standard InChI is InChI=1S/C14H12F3NO/c15-11-5-2-6-12(14(11)17)19-8-10-4-1-3-9(7-18)13(10)16/h1-6H,7-8,18H2. The molecule has 0 radical (unpaired) electrons. The van der Waals surface area contributed by atoms with E-state index in [-0.39, 0.29) is 24.5 Å². The highest BCUT2D eigenvalue weighted by molar-refractivity contribution is 5.28. The molecule has 19 heavy (non-hydrogen) atoms. The first-order valence-corrected chi connectivity index (χ1v) is 5.66. The smallest absolute Gasteiger partial charge is 0.200 e. The van der Waals surface area contributed by atoms with Gasteiger partial charge < -0.3 is 10.5 Å². The predicted molar refractivity (Wildman–Crippen MR) is 65.0 cm³/mol. The van der Waals surface area contributed by atoms with E-state index in [2.05, 4.69) is 0 Å². The Morgan fingerprint density at radius 3 is 2.32 bits per heavy atom. The molecular formula is C14H12F3NO. The molecule has 0 aromatic heterocycles. The summed E-state index contributed by atoms with van der Waals surface area (Å²) < 4.78 is 45.2. The molecule has 2 aromatic carbocycles. The maximum absolute atomic E-state index is 13.8. The van der Waals surface area contributed by atoms with Gasteiger partial charge in [0.2, 0.25) is 5.82 Å². The maximum Gasteiger partial charge on any atom is 0.200 e. The Morgan fingerprint density at radius 2 is 1.58 bits per heavy atom. The minimum Gasteiger partial charge on any atom is -0.486 e. The molecule has 0 saturated heterocycles. The van der Waals surface area contributed by atoms with Crippen LogP contribution < -0.4 is 10.5 Å². The predicted octanol–water partition coefficient (Wildman–Crippen LogP) is 3.14. The summed E-state index contributed by atoms with van der Waals surface area (Å²) in [5.74, 6) is -2.83. The van der Waals surface area contributed by atoms with Crippen molar-refractivity contribution >= 4 is 0 Å². The fourth-order valence-corrected chi connectivity index (χ4v) is 1.65. The summed E-state index contributed by atoms with van der Waals surface area (Å²) in [4.78, 5) is 0. The van der Waals surface area contributed by atoms with E-state index in [0.717, 1.165) is 6.07 Å². The average molecular weight is 267 g/mol. The number of rotatable bonds is 4. The second-order valence-electron chi connectivity index (χ2n) is 3.93. The zero-order valence-electron chi connectivity index (χ0n) is 10.00. The summed E-state index contributed by atoms with van der Waals surface area (Å²) in [5.41, 5.74) is 5.97. The number of hydrogen-bond acceptors (Lipinski definition) is 2. The summed E-state index contributed by atoms with van der Waals surface area (Å²) in [6.45, 7) is -0.131. The summed E-state index contributed by atoms with van der Waals surface area (Å²) in [7, 11) is 0. The van der Waals surface area contributed by atoms with Crippen LogP contribution in [-0.2, 0) is 13.2 Å². The minimum atomic E-state index is -1.09. The molecule has 100 valence electrons. The molecule has 2 aromatic rings. The van der Waals surface area contributed by atoms with Gasteiger partial charge in [-0.15, -0.1) is 0 Å². The molecule has 0 aliphatic rings. The van der Waals surface area contributed by atoms with Crippen molar-refractivity contribution in [2.24, 2.45) is 5.73 Å². The Bertz CT molecular complexity index is 587. The second kappa shape index (κ2) is 5.75. The Kier molecular flexibility index (Phi) is 4.06. The van der Waals surface area contributed by atoms with Crippen molar-refractivity contribution in [1.29, 1.82) is 0 Å². The second-order valence-corrected chi connectivity index (χ2v) is 3.93. The van der Waals surface area contributed by atoms with Crippen LogP contribution >= 0.6 is 0 Å². The van der Waals surface area contributed by atoms with Gasteiger partial charge in [0.1, 0.15) is 12.4 Å². The van der Waals surface area contributed by atoms with Crippen molar-refractivity contribution in [3.8, 4) is 5.75 Å². The monoisotopic (exact) mass is 267 g/mol. The number of halogens is 3. The van der Waals surface area contributed by atoms with Gasteiger partial charge in [-0.25, -0.2) is 8.78 Å². The van der Waals surface area contributed by atoms with Crippen LogP contribution in [0.1, 0.15) is 11.1 Å². The molecule has 2 nitrogen and oxygen atoms in total. The van der Waals surface area contributed by atoms with Crippen LogP contribution in [0, 0.1) is 17.5 Å². The quantitative estimate of drug-likeness (QED) is 0.923. The first-order chi connectivity index (χ1) is 9.13. The van der Waals surface area contributed by atoms with E-state index in [1.807, 2.05) is 0 Å². The van der Waals surface area contributed by atoms with Gasteiger partial charge in [-0.3, -0.25) is 0 Å². The lowest BCUT2D eigenvalue weighted by Crippen LogP contribution is -2.06. The molecule has 0 bridgehead atoms. The van der Waals surface area contributed by atoms with E-state index >= 15 is 0 Å². The summed E-state index contributed by atoms with van der Waals surface area (Å²) in [6.07, 6.45) is 0. The van der Waals surface area contributed by atoms with Crippen molar-refractivity contribution in [2.75, 3.05) is 0 Å². The molecule has 0 aliphatic heterocycles. The van der Waals surface area contributed by atoms with E-state index in [9.17, 15) is 13.2 Å². The summed E-state index contributed by atoms with van der Waals surface area (Å²) in [5, 5.41) is 0. The fraction of sp³-hybridized carbons (Fsp3) is 0.143. The topological polar surface area (TPSA) is 35.2 Å². The van der Waals surface area contributed by atoms with Crippen LogP contribution in [0.2, 0.25) is 0 Å². The number of benzene rings is 2. The molecule has 2 N–H and O–H groups in total. The van der Waals surface area contributed by atoms with Crippen LogP contribution in [-0.4, -0.2) is 0 Å². The third kappa shape index (κ3) is 2.88. The van der Waals surface area contributed by atoms with Gasteiger partial charge in [-0.1, -0.05) is 24.3 Å². The van der Waals surface area contributed by atoms with E-state index < -0.39 is 17.5 Å². The Balaban J connectivity index is 2.17. The first kappa shape index (κ1) is 13.4. The van der Waals surface area contributed by atoms with Crippen LogP contribution in [0.4, 0.5) is 13.2 Å². The molecular weight excluding hydrogens is 255 g/mol. The largest absolute Gasteiger partial charge is 0.486 e. The van der Waals surface area contributed by atoms with Gasteiger partial charge in [0.15, 0.2) is 11.6 Å². The van der Waals surface area contributed by atoms with Crippen LogP contribution in [0.25, 0.3) is 0 Å². The summed E-state index contributed by atoms with van der Waals surface area (Å²) >= 11 is 0. The zero-order valence-corrected chi connectivity index (χ0v) is 10.00. The lowest BCUT2D eigenvalue weighted by Gasteiger charge is -2.10. The van der Waals surface area contributed by atoms with E-state index in [4.69, 9.17) is 10.5 Å². The summed E-state index contributed by atoms with van der Waals surface area (Å²) in [6, 6.07) is 8.28. The molecule has 0 saturated carbocycles. The van der Waals surface area contributed by atoms with Gasteiger partial charge >= 0.3 is 0 Å². The lowest BCUT2D eigenvalue weighted by molar-refractivity contribution is 0.279. The number of ether oxygens (including phenoxy) is 1. The van der Waals surface area contributed by atoms with Gasteiger partial charge in [0.25, 0.3) is 0 Å². The third-order valence-electron chi connectivity index (χ3n) is 2.68. The van der Waals surface area contributed by atoms with Gasteiger partial charge in [-0.2, -0.15) is 4.39 Å². The average Bonchev–Trinajstić information content (AvgIpc) is 2.42. The first-order valence-electron chi connectivity index (χ1n) is 5.66. The highest BCUT2D eigenvalue weighted by Crippen LogP contribution is 2.21. The van der Waals surface area contributed by atoms with Crippen LogP contribution in [0.15, 0.2) is 36.4 Å². The maximum atomic E-state index is 13.8. The molecule has 2 rings (SSSR count). The van der Waals surface area contributed by atoms with Crippen molar-refractivity contribution in [3.63, 3.8) is 0 Å². The van der Waals surface area contributed by atoms with Gasteiger partial charge in [0, 0.05) is 17.7 Å². The normalized spacial score (nSPS) is 10.5. The zero-order chi connectivity index (χ0) is 13.8. The Labute approximate surface area is 108 Å². The lowest BCUT2D eigenvalue weighted by atomic mass is 10.1. The van der Waals surface area contributed by atoms with Crippen molar-refractivity contribution in [1.82, 2.24) is 0 Å². The molecule has 0 heterocycles. The molecule has 0 spiro atoms. The Morgan fingerprint density at radius 1 is 0.895 bits per heavy atom. The molecule has 0 aliphatic carbocycles. The molecule has 0 atom stereocenters. The van der Waals surface area contributed by atoms with E-state index in [1.165, 1.54) is 18.2 Å². The van der Waals surface area contributed by atoms with Crippen molar-refractivity contribution in [2.45, 2.75) is 13.2 Å². The SMILES string of the molecule is NCc1cccc(COc2cccc(F)c2F)c1F. The van der Waals surface area contributed by atoms with E-state index in [0.29, 0.717) is 5.56 Å². The van der Waals surface area contributed by atoms with Crippen LogP contribution in [0.5, 0.6) is 5.75 Å². The number of nitrogens with two attached hydrogens (primary N) is 1. The van der Waals surface area contributed by atoms with Gasteiger partial charge in [-0.05, 0) is 12.1 Å². The highest BCUT2D eigenvalue weighted by Gasteiger charge is 2.11. The van der Waals surface area contributed by atoms with Crippen molar-refractivity contribution in [3.05, 3.63) is 65.0 Å². The van der Waals surface area contributed by atoms with Crippen LogP contribution in [0.3, 0.4) is 0 Å².